The molecule has 0 radical (unpaired) electrons. The van der Waals surface area contributed by atoms with Gasteiger partial charge < -0.3 is 14.7 Å². The third kappa shape index (κ3) is 2.95. The van der Waals surface area contributed by atoms with Gasteiger partial charge in [0.05, 0.1) is 28.0 Å². The van der Waals surface area contributed by atoms with Gasteiger partial charge in [0.2, 0.25) is 0 Å². The third-order valence-corrected chi connectivity index (χ3v) is 4.04. The fraction of sp³-hybridized carbons (Fsp3) is 0.278. The Morgan fingerprint density at radius 1 is 1.29 bits per heavy atom. The number of hydrogen-bond donors (Lipinski definition) is 1. The van der Waals surface area contributed by atoms with Gasteiger partial charge in [0.15, 0.2) is 0 Å². The van der Waals surface area contributed by atoms with E-state index in [1.807, 2.05) is 38.2 Å². The third-order valence-electron chi connectivity index (χ3n) is 4.04. The number of nitrogens with zero attached hydrogens (tertiary/aromatic N) is 3. The van der Waals surface area contributed by atoms with Gasteiger partial charge in [0.1, 0.15) is 0 Å². The number of aromatic nitrogens is 2. The number of carbonyl (C=O) groups is 1. The highest BCUT2D eigenvalue weighted by molar-refractivity contribution is 6.07. The lowest BCUT2D eigenvalue weighted by atomic mass is 10.1. The van der Waals surface area contributed by atoms with Crippen molar-refractivity contribution < 1.29 is 9.32 Å². The second-order valence-electron chi connectivity index (χ2n) is 5.54. The molecule has 0 aliphatic carbocycles. The number of aryl methyl sites for hydroxylation is 1. The Kier molecular flexibility index (Phi) is 4.46. The number of benzene rings is 1. The maximum Gasteiger partial charge on any atom is 0.257 e. The molecule has 0 spiro atoms. The van der Waals surface area contributed by atoms with Crippen LogP contribution in [0.4, 0.5) is 11.4 Å². The summed E-state index contributed by atoms with van der Waals surface area (Å²) in [5.41, 5.74) is 3.48. The summed E-state index contributed by atoms with van der Waals surface area (Å²) in [6.45, 7) is 4.90. The van der Waals surface area contributed by atoms with E-state index in [1.165, 1.54) is 6.20 Å². The Labute approximate surface area is 140 Å². The minimum atomic E-state index is -0.204. The van der Waals surface area contributed by atoms with Crippen LogP contribution < -0.4 is 10.2 Å². The number of hydrogen-bond acceptors (Lipinski definition) is 5. The molecule has 1 aromatic carbocycles. The molecule has 0 aliphatic heterocycles. The van der Waals surface area contributed by atoms with E-state index in [0.29, 0.717) is 11.3 Å². The quantitative estimate of drug-likeness (QED) is 0.778. The topological polar surface area (TPSA) is 71.3 Å². The molecule has 1 amide bonds. The summed E-state index contributed by atoms with van der Waals surface area (Å²) in [6.07, 6.45) is 2.23. The maximum atomic E-state index is 12.6. The van der Waals surface area contributed by atoms with Crippen molar-refractivity contribution in [3.05, 3.63) is 47.8 Å². The van der Waals surface area contributed by atoms with Crippen molar-refractivity contribution >= 4 is 28.4 Å². The van der Waals surface area contributed by atoms with Crippen molar-refractivity contribution in [2.24, 2.45) is 0 Å². The minimum Gasteiger partial charge on any atom is -0.373 e. The van der Waals surface area contributed by atoms with Gasteiger partial charge >= 0.3 is 0 Å². The number of pyridine rings is 1. The molecule has 0 saturated carbocycles. The van der Waals surface area contributed by atoms with Gasteiger partial charge in [-0.05, 0) is 31.5 Å². The Bertz CT molecular complexity index is 872. The average molecular weight is 324 g/mol. The monoisotopic (exact) mass is 324 g/mol. The van der Waals surface area contributed by atoms with E-state index in [9.17, 15) is 4.79 Å². The molecule has 0 fully saturated rings. The molecule has 0 atom stereocenters. The van der Waals surface area contributed by atoms with Crippen LogP contribution >= 0.6 is 0 Å². The van der Waals surface area contributed by atoms with Crippen LogP contribution in [0, 0.1) is 0 Å². The molecule has 0 aliphatic rings. The number of rotatable bonds is 5. The summed E-state index contributed by atoms with van der Waals surface area (Å²) in [4.78, 5) is 18.9. The molecule has 124 valence electrons. The van der Waals surface area contributed by atoms with E-state index in [2.05, 4.69) is 27.3 Å². The zero-order chi connectivity index (χ0) is 17.1. The Morgan fingerprint density at radius 2 is 2.08 bits per heavy atom. The summed E-state index contributed by atoms with van der Waals surface area (Å²) in [6, 6.07) is 9.51. The molecule has 3 aromatic rings. The predicted molar refractivity (Wildman–Crippen MR) is 94.5 cm³/mol. The first-order valence-corrected chi connectivity index (χ1v) is 7.99. The largest absolute Gasteiger partial charge is 0.373 e. The van der Waals surface area contributed by atoms with Crippen LogP contribution in [0.5, 0.6) is 0 Å². The van der Waals surface area contributed by atoms with Crippen LogP contribution in [0.3, 0.4) is 0 Å². The molecule has 0 saturated heterocycles. The lowest BCUT2D eigenvalue weighted by Crippen LogP contribution is -2.20. The lowest BCUT2D eigenvalue weighted by Gasteiger charge is -2.20. The van der Waals surface area contributed by atoms with Gasteiger partial charge in [0.25, 0.3) is 11.6 Å². The van der Waals surface area contributed by atoms with Gasteiger partial charge in [-0.15, -0.1) is 0 Å². The molecule has 1 N–H and O–H groups in total. The smallest absolute Gasteiger partial charge is 0.257 e. The average Bonchev–Trinajstić information content (AvgIpc) is 3.03. The molecule has 2 heterocycles. The van der Waals surface area contributed by atoms with Gasteiger partial charge in [0, 0.05) is 19.8 Å². The fourth-order valence-electron chi connectivity index (χ4n) is 2.54. The van der Waals surface area contributed by atoms with E-state index in [-0.39, 0.29) is 5.91 Å². The van der Waals surface area contributed by atoms with Crippen LogP contribution in [0.15, 0.2) is 41.1 Å². The predicted octanol–water partition coefficient (Wildman–Crippen LogP) is 3.49. The van der Waals surface area contributed by atoms with Crippen molar-refractivity contribution in [3.63, 3.8) is 0 Å². The SMILES string of the molecule is CCc1noc2ncc(C(=O)Nc3ccccc3N(C)CC)cc12. The lowest BCUT2D eigenvalue weighted by molar-refractivity contribution is 0.102. The first-order chi connectivity index (χ1) is 11.6. The standard InChI is InChI=1S/C18H20N4O2/c1-4-14-13-10-12(11-19-18(13)24-21-14)17(23)20-15-8-6-7-9-16(15)22(3)5-2/h6-11H,4-5H2,1-3H3,(H,20,23). The second-order valence-corrected chi connectivity index (χ2v) is 5.54. The molecule has 0 bridgehead atoms. The molecular weight excluding hydrogens is 304 g/mol. The van der Waals surface area contributed by atoms with Crippen molar-refractivity contribution in [3.8, 4) is 0 Å². The summed E-state index contributed by atoms with van der Waals surface area (Å²) < 4.78 is 5.16. The molecule has 2 aromatic heterocycles. The van der Waals surface area contributed by atoms with Crippen molar-refractivity contribution in [1.82, 2.24) is 10.1 Å². The molecule has 3 rings (SSSR count). The summed E-state index contributed by atoms with van der Waals surface area (Å²) >= 11 is 0. The fourth-order valence-corrected chi connectivity index (χ4v) is 2.54. The highest BCUT2D eigenvalue weighted by Crippen LogP contribution is 2.25. The molecule has 0 unspecified atom stereocenters. The van der Waals surface area contributed by atoms with Gasteiger partial charge in [-0.25, -0.2) is 4.98 Å². The first kappa shape index (κ1) is 16.0. The molecule has 24 heavy (non-hydrogen) atoms. The summed E-state index contributed by atoms with van der Waals surface area (Å²) in [5.74, 6) is -0.204. The summed E-state index contributed by atoms with van der Waals surface area (Å²) in [5, 5.41) is 7.72. The van der Waals surface area contributed by atoms with Crippen molar-refractivity contribution in [1.29, 1.82) is 0 Å². The number of para-hydroxylation sites is 2. The zero-order valence-corrected chi connectivity index (χ0v) is 14.0. The Balaban J connectivity index is 1.90. The van der Waals surface area contributed by atoms with Crippen molar-refractivity contribution in [2.75, 3.05) is 23.8 Å². The highest BCUT2D eigenvalue weighted by Gasteiger charge is 2.14. The molecular formula is C18H20N4O2. The number of fused-ring (bicyclic) bond motifs is 1. The number of anilines is 2. The number of amides is 1. The van der Waals surface area contributed by atoms with Gasteiger partial charge in [-0.3, -0.25) is 4.79 Å². The van der Waals surface area contributed by atoms with E-state index >= 15 is 0 Å². The van der Waals surface area contributed by atoms with E-state index in [1.54, 1.807) is 6.07 Å². The zero-order valence-electron chi connectivity index (χ0n) is 14.0. The van der Waals surface area contributed by atoms with E-state index in [4.69, 9.17) is 4.52 Å². The molecule has 6 nitrogen and oxygen atoms in total. The van der Waals surface area contributed by atoms with Gasteiger partial charge in [-0.2, -0.15) is 0 Å². The van der Waals surface area contributed by atoms with Crippen LogP contribution in [-0.4, -0.2) is 29.6 Å². The van der Waals surface area contributed by atoms with Crippen LogP contribution in [0.2, 0.25) is 0 Å². The van der Waals surface area contributed by atoms with E-state index < -0.39 is 0 Å². The van der Waals surface area contributed by atoms with E-state index in [0.717, 1.165) is 35.4 Å². The van der Waals surface area contributed by atoms with Crippen molar-refractivity contribution in [2.45, 2.75) is 20.3 Å². The number of carbonyl (C=O) groups excluding carboxylic acids is 1. The normalized spacial score (nSPS) is 10.8. The Hall–Kier alpha value is -2.89. The Morgan fingerprint density at radius 3 is 2.83 bits per heavy atom. The maximum absolute atomic E-state index is 12.6. The highest BCUT2D eigenvalue weighted by atomic mass is 16.5. The first-order valence-electron chi connectivity index (χ1n) is 7.99. The molecule has 6 heteroatoms. The van der Waals surface area contributed by atoms with Crippen LogP contribution in [0.25, 0.3) is 11.1 Å². The van der Waals surface area contributed by atoms with Crippen LogP contribution in [0.1, 0.15) is 29.9 Å². The van der Waals surface area contributed by atoms with Crippen LogP contribution in [-0.2, 0) is 6.42 Å². The number of nitrogens with one attached hydrogen (secondary N) is 1. The van der Waals surface area contributed by atoms with Gasteiger partial charge in [-0.1, -0.05) is 24.2 Å². The second kappa shape index (κ2) is 6.70. The summed E-state index contributed by atoms with van der Waals surface area (Å²) in [7, 11) is 1.99. The minimum absolute atomic E-state index is 0.204.